The minimum atomic E-state index is -4.02. The molecule has 1 aliphatic rings. The van der Waals surface area contributed by atoms with Gasteiger partial charge in [-0.25, -0.2) is 17.2 Å². The Balaban J connectivity index is 2.44. The first-order valence-corrected chi connectivity index (χ1v) is 8.65. The zero-order valence-electron chi connectivity index (χ0n) is 12.0. The molecule has 21 heavy (non-hydrogen) atoms. The van der Waals surface area contributed by atoms with Gasteiger partial charge in [0.15, 0.2) is 0 Å². The maximum Gasteiger partial charge on any atom is 0.247 e. The van der Waals surface area contributed by atoms with Crippen molar-refractivity contribution in [2.24, 2.45) is 0 Å². The monoisotopic (exact) mass is 382 g/mol. The van der Waals surface area contributed by atoms with Crippen LogP contribution in [0.4, 0.5) is 8.78 Å². The lowest BCUT2D eigenvalue weighted by atomic mass is 10.0. The number of rotatable bonds is 2. The lowest BCUT2D eigenvalue weighted by molar-refractivity contribution is 0.0800. The molecule has 0 bridgehead atoms. The molecule has 1 aromatic rings. The van der Waals surface area contributed by atoms with Gasteiger partial charge in [-0.3, -0.25) is 4.90 Å². The van der Waals surface area contributed by atoms with E-state index in [2.05, 4.69) is 20.8 Å². The van der Waals surface area contributed by atoms with Crippen molar-refractivity contribution in [3.8, 4) is 0 Å². The molecule has 0 radical (unpaired) electrons. The van der Waals surface area contributed by atoms with Crippen molar-refractivity contribution < 1.29 is 17.2 Å². The second-order valence-corrected chi connectivity index (χ2v) is 8.50. The number of likely N-dealkylation sites (N-methyl/N-ethyl adjacent to an activating group) is 1. The summed E-state index contributed by atoms with van der Waals surface area (Å²) in [4.78, 5) is 1.54. The number of nitrogens with zero attached hydrogens (tertiary/aromatic N) is 2. The molecule has 1 aromatic carbocycles. The average Bonchev–Trinajstić information content (AvgIpc) is 2.30. The van der Waals surface area contributed by atoms with Gasteiger partial charge in [0.2, 0.25) is 10.0 Å². The van der Waals surface area contributed by atoms with Crippen LogP contribution in [-0.4, -0.2) is 49.8 Å². The topological polar surface area (TPSA) is 40.6 Å². The van der Waals surface area contributed by atoms with Crippen LogP contribution in [0.3, 0.4) is 0 Å². The van der Waals surface area contributed by atoms with Gasteiger partial charge in [-0.15, -0.1) is 0 Å². The first kappa shape index (κ1) is 16.8. The maximum atomic E-state index is 13.9. The fourth-order valence-electron chi connectivity index (χ4n) is 2.31. The zero-order chi connectivity index (χ0) is 16.0. The van der Waals surface area contributed by atoms with Gasteiger partial charge in [0.25, 0.3) is 0 Å². The minimum Gasteiger partial charge on any atom is -0.299 e. The van der Waals surface area contributed by atoms with Gasteiger partial charge < -0.3 is 0 Å². The standard InChI is InChI=1S/C13H17BrF2N2O2S/c1-13(2)8-18(5-4-17(13)3)21(19,20)12-10(14)6-9(15)7-11(12)16/h6-7H,4-5,8H2,1-3H3. The van der Waals surface area contributed by atoms with E-state index in [9.17, 15) is 17.2 Å². The van der Waals surface area contributed by atoms with E-state index >= 15 is 0 Å². The first-order valence-electron chi connectivity index (χ1n) is 6.41. The summed E-state index contributed by atoms with van der Waals surface area (Å²) >= 11 is 2.94. The van der Waals surface area contributed by atoms with Crippen LogP contribution in [0.15, 0.2) is 21.5 Å². The van der Waals surface area contributed by atoms with E-state index in [1.54, 1.807) is 0 Å². The molecule has 0 N–H and O–H groups in total. The SMILES string of the molecule is CN1CCN(S(=O)(=O)c2c(F)cc(F)cc2Br)CC1(C)C. The Hall–Kier alpha value is -0.570. The molecule has 0 atom stereocenters. The highest BCUT2D eigenvalue weighted by Crippen LogP contribution is 2.31. The summed E-state index contributed by atoms with van der Waals surface area (Å²) < 4.78 is 53.5. The van der Waals surface area contributed by atoms with Crippen LogP contribution in [0.25, 0.3) is 0 Å². The highest BCUT2D eigenvalue weighted by Gasteiger charge is 2.39. The van der Waals surface area contributed by atoms with Crippen LogP contribution in [0.5, 0.6) is 0 Å². The fraction of sp³-hybridized carbons (Fsp3) is 0.538. The van der Waals surface area contributed by atoms with Crippen LogP contribution in [-0.2, 0) is 10.0 Å². The Bertz CT molecular complexity index is 641. The normalized spacial score (nSPS) is 20.7. The number of hydrogen-bond acceptors (Lipinski definition) is 3. The number of piperazine rings is 1. The summed E-state index contributed by atoms with van der Waals surface area (Å²) in [7, 11) is -2.10. The Morgan fingerprint density at radius 3 is 2.38 bits per heavy atom. The molecule has 0 unspecified atom stereocenters. The van der Waals surface area contributed by atoms with E-state index in [0.717, 1.165) is 6.07 Å². The molecule has 0 spiro atoms. The predicted molar refractivity (Wildman–Crippen MR) is 79.5 cm³/mol. The number of benzene rings is 1. The highest BCUT2D eigenvalue weighted by molar-refractivity contribution is 9.10. The first-order chi connectivity index (χ1) is 9.55. The van der Waals surface area contributed by atoms with Gasteiger partial charge in [0.05, 0.1) is 0 Å². The molecule has 1 aliphatic heterocycles. The molecular weight excluding hydrogens is 366 g/mol. The van der Waals surface area contributed by atoms with Crippen molar-refractivity contribution >= 4 is 26.0 Å². The molecule has 0 aliphatic carbocycles. The number of halogens is 3. The van der Waals surface area contributed by atoms with Gasteiger partial charge >= 0.3 is 0 Å². The lowest BCUT2D eigenvalue weighted by Crippen LogP contribution is -2.58. The molecule has 1 saturated heterocycles. The van der Waals surface area contributed by atoms with Crippen LogP contribution in [0, 0.1) is 11.6 Å². The van der Waals surface area contributed by atoms with Gasteiger partial charge in [-0.05, 0) is 42.9 Å². The van der Waals surface area contributed by atoms with Gasteiger partial charge in [0.1, 0.15) is 16.5 Å². The maximum absolute atomic E-state index is 13.9. The van der Waals surface area contributed by atoms with E-state index in [0.29, 0.717) is 12.6 Å². The zero-order valence-corrected chi connectivity index (χ0v) is 14.4. The summed E-state index contributed by atoms with van der Waals surface area (Å²) in [6, 6.07) is 1.54. The smallest absolute Gasteiger partial charge is 0.247 e. The van der Waals surface area contributed by atoms with Crippen LogP contribution in [0.1, 0.15) is 13.8 Å². The van der Waals surface area contributed by atoms with E-state index in [4.69, 9.17) is 0 Å². The molecule has 118 valence electrons. The fourth-order valence-corrected chi connectivity index (χ4v) is 5.00. The molecule has 2 rings (SSSR count). The van der Waals surface area contributed by atoms with Crippen molar-refractivity contribution in [1.82, 2.24) is 9.21 Å². The largest absolute Gasteiger partial charge is 0.299 e. The molecule has 8 heteroatoms. The van der Waals surface area contributed by atoms with Crippen LogP contribution >= 0.6 is 15.9 Å². The Labute approximate surface area is 131 Å². The van der Waals surface area contributed by atoms with E-state index in [1.807, 2.05) is 20.9 Å². The van der Waals surface area contributed by atoms with Crippen LogP contribution < -0.4 is 0 Å². The van der Waals surface area contributed by atoms with E-state index in [-0.39, 0.29) is 23.1 Å². The summed E-state index contributed by atoms with van der Waals surface area (Å²) in [6.45, 7) is 4.91. The molecule has 1 fully saturated rings. The Kier molecular flexibility index (Phi) is 4.45. The third-order valence-electron chi connectivity index (χ3n) is 3.84. The second-order valence-electron chi connectivity index (χ2n) is 5.77. The summed E-state index contributed by atoms with van der Waals surface area (Å²) in [5, 5.41) is 0. The molecule has 0 saturated carbocycles. The Morgan fingerprint density at radius 2 is 1.86 bits per heavy atom. The quantitative estimate of drug-likeness (QED) is 0.788. The summed E-state index contributed by atoms with van der Waals surface area (Å²) in [6.07, 6.45) is 0. The van der Waals surface area contributed by atoms with Gasteiger partial charge in [0, 0.05) is 35.7 Å². The van der Waals surface area contributed by atoms with E-state index < -0.39 is 26.6 Å². The highest BCUT2D eigenvalue weighted by atomic mass is 79.9. The van der Waals surface area contributed by atoms with Crippen molar-refractivity contribution in [3.63, 3.8) is 0 Å². The van der Waals surface area contributed by atoms with Crippen molar-refractivity contribution in [3.05, 3.63) is 28.2 Å². The van der Waals surface area contributed by atoms with Gasteiger partial charge in [-0.2, -0.15) is 4.31 Å². The van der Waals surface area contributed by atoms with E-state index in [1.165, 1.54) is 4.31 Å². The molecule has 0 amide bonds. The third kappa shape index (κ3) is 3.13. The van der Waals surface area contributed by atoms with Crippen molar-refractivity contribution in [1.29, 1.82) is 0 Å². The molecule has 4 nitrogen and oxygen atoms in total. The lowest BCUT2D eigenvalue weighted by Gasteiger charge is -2.44. The average molecular weight is 383 g/mol. The second kappa shape index (κ2) is 5.57. The number of hydrogen-bond donors (Lipinski definition) is 0. The minimum absolute atomic E-state index is 0.100. The van der Waals surface area contributed by atoms with Crippen LogP contribution in [0.2, 0.25) is 0 Å². The predicted octanol–water partition coefficient (Wildman–Crippen LogP) is 2.44. The third-order valence-corrected chi connectivity index (χ3v) is 6.65. The van der Waals surface area contributed by atoms with Crippen molar-refractivity contribution in [2.75, 3.05) is 26.7 Å². The summed E-state index contributed by atoms with van der Waals surface area (Å²) in [5.74, 6) is -1.91. The molecular formula is C13H17BrF2N2O2S. The summed E-state index contributed by atoms with van der Waals surface area (Å²) in [5.41, 5.74) is -0.353. The molecule has 1 heterocycles. The van der Waals surface area contributed by atoms with Crippen molar-refractivity contribution in [2.45, 2.75) is 24.3 Å². The molecule has 0 aromatic heterocycles. The number of sulfonamides is 1. The Morgan fingerprint density at radius 1 is 1.24 bits per heavy atom. The van der Waals surface area contributed by atoms with Gasteiger partial charge in [-0.1, -0.05) is 0 Å².